The van der Waals surface area contributed by atoms with Gasteiger partial charge in [0.25, 0.3) is 0 Å². The number of carbonyl (C=O) groups is 1. The van der Waals surface area contributed by atoms with E-state index in [0.29, 0.717) is 18.4 Å². The van der Waals surface area contributed by atoms with Gasteiger partial charge >= 0.3 is 0 Å². The molecule has 0 radical (unpaired) electrons. The first-order valence-corrected chi connectivity index (χ1v) is 11.2. The fourth-order valence-electron chi connectivity index (χ4n) is 6.12. The van der Waals surface area contributed by atoms with Gasteiger partial charge in [0.15, 0.2) is 0 Å². The number of hydrogen-bond donors (Lipinski definition) is 1. The Hall–Kier alpha value is -0.570. The van der Waals surface area contributed by atoms with Crippen molar-refractivity contribution < 1.29 is 9.90 Å². The van der Waals surface area contributed by atoms with E-state index in [0.717, 1.165) is 18.8 Å². The summed E-state index contributed by atoms with van der Waals surface area (Å²) in [5, 5.41) is 10.1. The van der Waals surface area contributed by atoms with Crippen molar-refractivity contribution in [3.05, 3.63) is 0 Å². The van der Waals surface area contributed by atoms with Gasteiger partial charge in [0, 0.05) is 18.5 Å². The van der Waals surface area contributed by atoms with Crippen molar-refractivity contribution in [2.75, 3.05) is 6.54 Å². The molecule has 1 amide bonds. The monoisotopic (exact) mass is 379 g/mol. The highest BCUT2D eigenvalue weighted by Crippen LogP contribution is 2.51. The minimum absolute atomic E-state index is 0.0175. The largest absolute Gasteiger partial charge is 0.391 e. The van der Waals surface area contributed by atoms with Crippen molar-refractivity contribution in [2.24, 2.45) is 28.1 Å². The fraction of sp³-hybridized carbons (Fsp3) is 0.958. The quantitative estimate of drug-likeness (QED) is 0.673. The van der Waals surface area contributed by atoms with Crippen LogP contribution in [0.3, 0.4) is 0 Å². The minimum atomic E-state index is -0.359. The third-order valence-corrected chi connectivity index (χ3v) is 7.47. The summed E-state index contributed by atoms with van der Waals surface area (Å²) >= 11 is 0. The predicted octanol–water partition coefficient (Wildman–Crippen LogP) is 5.65. The molecule has 3 heteroatoms. The van der Waals surface area contributed by atoms with E-state index in [1.165, 1.54) is 25.7 Å². The highest BCUT2D eigenvalue weighted by Gasteiger charge is 2.49. The first-order chi connectivity index (χ1) is 12.3. The molecule has 27 heavy (non-hydrogen) atoms. The smallest absolute Gasteiger partial charge is 0.227 e. The Morgan fingerprint density at radius 2 is 1.59 bits per heavy atom. The zero-order chi connectivity index (χ0) is 20.6. The number of amides is 1. The first kappa shape index (κ1) is 22.7. The second-order valence-electron chi connectivity index (χ2n) is 12.0. The van der Waals surface area contributed by atoms with Gasteiger partial charge in [-0.2, -0.15) is 0 Å². The van der Waals surface area contributed by atoms with Crippen LogP contribution in [0.2, 0.25) is 0 Å². The summed E-state index contributed by atoms with van der Waals surface area (Å²) in [4.78, 5) is 15.7. The van der Waals surface area contributed by atoms with Gasteiger partial charge in [0.1, 0.15) is 0 Å². The molecule has 1 heterocycles. The standard InChI is InChI=1S/C24H45NO2/c1-17-15-19(26)16-25(17)21(27)20(23(5,6)7)24(8)13-9-11-18(12-10-14-24)22(2,3)4/h17-20,26H,9-16H2,1-8H3/t17-,18?,19-,20?,24?/m1/s1. The van der Waals surface area contributed by atoms with E-state index < -0.39 is 0 Å². The number of hydrogen-bond acceptors (Lipinski definition) is 2. The Kier molecular flexibility index (Phi) is 6.77. The van der Waals surface area contributed by atoms with E-state index in [4.69, 9.17) is 0 Å². The van der Waals surface area contributed by atoms with E-state index in [2.05, 4.69) is 55.4 Å². The van der Waals surface area contributed by atoms with Crippen molar-refractivity contribution in [1.82, 2.24) is 4.90 Å². The molecule has 1 saturated heterocycles. The number of nitrogens with zero attached hydrogens (tertiary/aromatic N) is 1. The average Bonchev–Trinajstić information content (AvgIpc) is 2.79. The molecular weight excluding hydrogens is 334 g/mol. The molecule has 0 bridgehead atoms. The van der Waals surface area contributed by atoms with Crippen molar-refractivity contribution in [2.45, 2.75) is 112 Å². The van der Waals surface area contributed by atoms with Gasteiger partial charge in [-0.15, -0.1) is 0 Å². The van der Waals surface area contributed by atoms with E-state index in [9.17, 15) is 9.90 Å². The van der Waals surface area contributed by atoms with Crippen LogP contribution in [0.4, 0.5) is 0 Å². The van der Waals surface area contributed by atoms with E-state index in [1.807, 2.05) is 4.90 Å². The molecular formula is C24H45NO2. The maximum absolute atomic E-state index is 13.7. The van der Waals surface area contributed by atoms with Crippen LogP contribution in [0.15, 0.2) is 0 Å². The molecule has 3 nitrogen and oxygen atoms in total. The summed E-state index contributed by atoms with van der Waals surface area (Å²) in [6.45, 7) is 18.8. The van der Waals surface area contributed by atoms with Crippen LogP contribution >= 0.6 is 0 Å². The zero-order valence-electron chi connectivity index (χ0n) is 19.3. The summed E-state index contributed by atoms with van der Waals surface area (Å²) in [7, 11) is 0. The zero-order valence-corrected chi connectivity index (χ0v) is 19.3. The van der Waals surface area contributed by atoms with Gasteiger partial charge in [-0.3, -0.25) is 4.79 Å². The summed E-state index contributed by atoms with van der Waals surface area (Å²) < 4.78 is 0. The summed E-state index contributed by atoms with van der Waals surface area (Å²) in [5.74, 6) is 1.09. The molecule has 1 N–H and O–H groups in total. The Bertz CT molecular complexity index is 503. The number of carbonyl (C=O) groups excluding carboxylic acids is 1. The van der Waals surface area contributed by atoms with Crippen molar-refractivity contribution >= 4 is 5.91 Å². The maximum atomic E-state index is 13.7. The van der Waals surface area contributed by atoms with Gasteiger partial charge in [-0.05, 0) is 61.2 Å². The number of likely N-dealkylation sites (tertiary alicyclic amines) is 1. The highest BCUT2D eigenvalue weighted by atomic mass is 16.3. The Morgan fingerprint density at radius 1 is 1.07 bits per heavy atom. The van der Waals surface area contributed by atoms with Gasteiger partial charge in [0.05, 0.1) is 6.10 Å². The Morgan fingerprint density at radius 3 is 1.96 bits per heavy atom. The molecule has 1 aliphatic heterocycles. The molecule has 1 unspecified atom stereocenters. The van der Waals surface area contributed by atoms with Gasteiger partial charge < -0.3 is 10.0 Å². The van der Waals surface area contributed by atoms with E-state index >= 15 is 0 Å². The third kappa shape index (κ3) is 5.28. The number of aliphatic hydroxyl groups excluding tert-OH is 1. The molecule has 0 aromatic rings. The fourth-order valence-corrected chi connectivity index (χ4v) is 6.12. The predicted molar refractivity (Wildman–Crippen MR) is 113 cm³/mol. The number of aliphatic hydroxyl groups is 1. The second-order valence-corrected chi connectivity index (χ2v) is 12.0. The van der Waals surface area contributed by atoms with Gasteiger partial charge in [0.2, 0.25) is 5.91 Å². The summed E-state index contributed by atoms with van der Waals surface area (Å²) in [6.07, 6.45) is 7.63. The molecule has 158 valence electrons. The molecule has 0 aromatic carbocycles. The highest BCUT2D eigenvalue weighted by molar-refractivity contribution is 5.81. The molecule has 0 spiro atoms. The SMILES string of the molecule is C[C@@H]1C[C@@H](O)CN1C(=O)C(C(C)(C)C)C1(C)CCCC(C(C)(C)C)CCC1. The third-order valence-electron chi connectivity index (χ3n) is 7.47. The molecule has 0 aromatic heterocycles. The lowest BCUT2D eigenvalue weighted by atomic mass is 9.58. The molecule has 2 aliphatic rings. The van der Waals surface area contributed by atoms with E-state index in [-0.39, 0.29) is 34.8 Å². The first-order valence-electron chi connectivity index (χ1n) is 11.2. The van der Waals surface area contributed by atoms with Crippen LogP contribution < -0.4 is 0 Å². The molecule has 3 atom stereocenters. The maximum Gasteiger partial charge on any atom is 0.227 e. The Balaban J connectivity index is 2.22. The topological polar surface area (TPSA) is 40.5 Å². The van der Waals surface area contributed by atoms with Crippen LogP contribution in [0.5, 0.6) is 0 Å². The molecule has 2 fully saturated rings. The van der Waals surface area contributed by atoms with Crippen LogP contribution in [0.25, 0.3) is 0 Å². The van der Waals surface area contributed by atoms with Crippen molar-refractivity contribution in [1.29, 1.82) is 0 Å². The molecule has 1 saturated carbocycles. The molecule has 2 rings (SSSR count). The summed E-state index contributed by atoms with van der Waals surface area (Å²) in [6, 6.07) is 0.153. The number of β-amino-alcohol motifs (C(OH)–C–C–N with tert-alkyl or cyclic N) is 1. The molecule has 1 aliphatic carbocycles. The van der Waals surface area contributed by atoms with E-state index in [1.54, 1.807) is 0 Å². The van der Waals surface area contributed by atoms with Gasteiger partial charge in [-0.25, -0.2) is 0 Å². The number of rotatable bonds is 2. The van der Waals surface area contributed by atoms with Crippen molar-refractivity contribution in [3.63, 3.8) is 0 Å². The van der Waals surface area contributed by atoms with Crippen LogP contribution in [0, 0.1) is 28.1 Å². The second kappa shape index (κ2) is 8.05. The lowest BCUT2D eigenvalue weighted by Gasteiger charge is -2.48. The van der Waals surface area contributed by atoms with Gasteiger partial charge in [-0.1, -0.05) is 61.3 Å². The van der Waals surface area contributed by atoms with Crippen LogP contribution in [-0.4, -0.2) is 34.6 Å². The normalized spacial score (nSPS) is 34.9. The average molecular weight is 380 g/mol. The summed E-state index contributed by atoms with van der Waals surface area (Å²) in [5.41, 5.74) is 0.362. The lowest BCUT2D eigenvalue weighted by molar-refractivity contribution is -0.147. The van der Waals surface area contributed by atoms with Crippen LogP contribution in [0.1, 0.15) is 100 Å². The Labute approximate surface area is 168 Å². The van der Waals surface area contributed by atoms with Crippen molar-refractivity contribution in [3.8, 4) is 0 Å². The van der Waals surface area contributed by atoms with Crippen LogP contribution in [-0.2, 0) is 4.79 Å². The lowest BCUT2D eigenvalue weighted by Crippen LogP contribution is -2.50. The minimum Gasteiger partial charge on any atom is -0.391 e.